The molecule has 124 valence electrons. The summed E-state index contributed by atoms with van der Waals surface area (Å²) in [6, 6.07) is 10.6. The first-order valence-electron chi connectivity index (χ1n) is 8.36. The lowest BCUT2D eigenvalue weighted by Gasteiger charge is -2.21. The summed E-state index contributed by atoms with van der Waals surface area (Å²) in [5.41, 5.74) is 2.45. The van der Waals surface area contributed by atoms with E-state index in [9.17, 15) is 0 Å². The summed E-state index contributed by atoms with van der Waals surface area (Å²) in [4.78, 5) is 2.40. The fraction of sp³-hybridized carbons (Fsp3) is 0.389. The van der Waals surface area contributed by atoms with Crippen LogP contribution < -0.4 is 0 Å². The van der Waals surface area contributed by atoms with Crippen LogP contribution in [0.5, 0.6) is 0 Å². The van der Waals surface area contributed by atoms with Crippen LogP contribution >= 0.6 is 0 Å². The zero-order valence-electron chi connectivity index (χ0n) is 13.8. The van der Waals surface area contributed by atoms with Gasteiger partial charge in [0.05, 0.1) is 19.2 Å². The third-order valence-corrected chi connectivity index (χ3v) is 4.52. The highest BCUT2D eigenvalue weighted by Crippen LogP contribution is 2.32. The molecule has 0 radical (unpaired) electrons. The van der Waals surface area contributed by atoms with Gasteiger partial charge in [0.15, 0.2) is 0 Å². The average molecular weight is 323 g/mol. The highest BCUT2D eigenvalue weighted by atomic mass is 16.4. The molecule has 0 spiro atoms. The van der Waals surface area contributed by atoms with E-state index in [1.807, 2.05) is 36.1 Å². The topological polar surface area (TPSA) is 60.0 Å². The summed E-state index contributed by atoms with van der Waals surface area (Å²) in [5, 5.41) is 12.7. The Bertz CT molecular complexity index is 795. The van der Waals surface area contributed by atoms with Crippen LogP contribution in [0.15, 0.2) is 47.1 Å². The summed E-state index contributed by atoms with van der Waals surface area (Å²) in [6.45, 7) is 1.75. The van der Waals surface area contributed by atoms with Crippen molar-refractivity contribution in [2.24, 2.45) is 7.05 Å². The molecule has 6 nitrogen and oxygen atoms in total. The highest BCUT2D eigenvalue weighted by molar-refractivity contribution is 5.18. The molecular formula is C18H21N5O. The predicted molar refractivity (Wildman–Crippen MR) is 89.1 cm³/mol. The average Bonchev–Trinajstić information content (AvgIpc) is 3.31. The molecule has 1 aliphatic rings. The molecule has 0 aliphatic carbocycles. The lowest BCUT2D eigenvalue weighted by atomic mass is 10.1. The Labute approximate surface area is 141 Å². The van der Waals surface area contributed by atoms with Gasteiger partial charge in [-0.3, -0.25) is 9.58 Å². The van der Waals surface area contributed by atoms with Crippen LogP contribution in [0.4, 0.5) is 0 Å². The van der Waals surface area contributed by atoms with Crippen molar-refractivity contribution in [2.75, 3.05) is 6.54 Å². The number of likely N-dealkylation sites (tertiary alicyclic amines) is 1. The number of rotatable bonds is 5. The zero-order chi connectivity index (χ0) is 16.4. The van der Waals surface area contributed by atoms with Gasteiger partial charge in [0, 0.05) is 24.8 Å². The first kappa shape index (κ1) is 15.1. The van der Waals surface area contributed by atoms with Crippen molar-refractivity contribution in [1.29, 1.82) is 0 Å². The molecule has 6 heteroatoms. The van der Waals surface area contributed by atoms with E-state index in [4.69, 9.17) is 4.42 Å². The van der Waals surface area contributed by atoms with E-state index < -0.39 is 0 Å². The Morgan fingerprint density at radius 3 is 2.79 bits per heavy atom. The largest absolute Gasteiger partial charge is 0.424 e. The van der Waals surface area contributed by atoms with Gasteiger partial charge in [-0.05, 0) is 24.9 Å². The maximum atomic E-state index is 5.85. The molecular weight excluding hydrogens is 302 g/mol. The van der Waals surface area contributed by atoms with Crippen LogP contribution in [0, 0.1) is 0 Å². The van der Waals surface area contributed by atoms with Crippen LogP contribution in [0.25, 0.3) is 0 Å². The van der Waals surface area contributed by atoms with Crippen molar-refractivity contribution in [1.82, 2.24) is 24.9 Å². The summed E-state index contributed by atoms with van der Waals surface area (Å²) in [7, 11) is 1.96. The minimum atomic E-state index is 0.392. The molecule has 0 amide bonds. The van der Waals surface area contributed by atoms with Crippen LogP contribution in [-0.2, 0) is 20.0 Å². The van der Waals surface area contributed by atoms with Gasteiger partial charge in [-0.25, -0.2) is 0 Å². The van der Waals surface area contributed by atoms with Gasteiger partial charge in [0.25, 0.3) is 0 Å². The number of benzene rings is 1. The molecule has 1 aliphatic heterocycles. The SMILES string of the molecule is Cn1cc(C2CCCN2Cc2nnc(Cc3ccccc3)o2)cn1. The number of aromatic nitrogens is 4. The third kappa shape index (κ3) is 3.23. The molecule has 1 fully saturated rings. The van der Waals surface area contributed by atoms with Gasteiger partial charge in [0.1, 0.15) is 0 Å². The molecule has 3 aromatic rings. The van der Waals surface area contributed by atoms with E-state index in [0.717, 1.165) is 13.0 Å². The van der Waals surface area contributed by atoms with E-state index in [-0.39, 0.29) is 0 Å². The van der Waals surface area contributed by atoms with Crippen molar-refractivity contribution in [2.45, 2.75) is 31.8 Å². The lowest BCUT2D eigenvalue weighted by molar-refractivity contribution is 0.221. The summed E-state index contributed by atoms with van der Waals surface area (Å²) >= 11 is 0. The van der Waals surface area contributed by atoms with Crippen LogP contribution in [-0.4, -0.2) is 31.4 Å². The van der Waals surface area contributed by atoms with E-state index in [1.54, 1.807) is 0 Å². The molecule has 0 bridgehead atoms. The Hall–Kier alpha value is -2.47. The Kier molecular flexibility index (Phi) is 4.13. The first-order valence-corrected chi connectivity index (χ1v) is 8.36. The van der Waals surface area contributed by atoms with Crippen molar-refractivity contribution >= 4 is 0 Å². The van der Waals surface area contributed by atoms with Gasteiger partial charge in [-0.1, -0.05) is 30.3 Å². The highest BCUT2D eigenvalue weighted by Gasteiger charge is 2.28. The normalized spacial score (nSPS) is 18.3. The van der Waals surface area contributed by atoms with E-state index in [1.165, 1.54) is 17.5 Å². The molecule has 1 aromatic carbocycles. The number of hydrogen-bond donors (Lipinski definition) is 0. The molecule has 24 heavy (non-hydrogen) atoms. The van der Waals surface area contributed by atoms with Gasteiger partial charge in [-0.2, -0.15) is 5.10 Å². The minimum Gasteiger partial charge on any atom is -0.424 e. The Morgan fingerprint density at radius 1 is 1.17 bits per heavy atom. The molecule has 1 unspecified atom stereocenters. The monoisotopic (exact) mass is 323 g/mol. The van der Waals surface area contributed by atoms with Crippen molar-refractivity contribution in [3.63, 3.8) is 0 Å². The maximum absolute atomic E-state index is 5.85. The van der Waals surface area contributed by atoms with E-state index >= 15 is 0 Å². The second kappa shape index (κ2) is 6.57. The smallest absolute Gasteiger partial charge is 0.230 e. The fourth-order valence-electron chi connectivity index (χ4n) is 3.37. The van der Waals surface area contributed by atoms with Crippen LogP contribution in [0.3, 0.4) is 0 Å². The number of nitrogens with zero attached hydrogens (tertiary/aromatic N) is 5. The predicted octanol–water partition coefficient (Wildman–Crippen LogP) is 2.73. The van der Waals surface area contributed by atoms with Gasteiger partial charge in [0.2, 0.25) is 11.8 Å². The fourth-order valence-corrected chi connectivity index (χ4v) is 3.37. The quantitative estimate of drug-likeness (QED) is 0.722. The number of aryl methyl sites for hydroxylation is 1. The molecule has 1 atom stereocenters. The van der Waals surface area contributed by atoms with Crippen molar-refractivity contribution in [3.05, 3.63) is 65.6 Å². The molecule has 3 heterocycles. The molecule has 0 N–H and O–H groups in total. The summed E-state index contributed by atoms with van der Waals surface area (Å²) < 4.78 is 7.71. The minimum absolute atomic E-state index is 0.392. The van der Waals surface area contributed by atoms with Crippen LogP contribution in [0.2, 0.25) is 0 Å². The standard InChI is InChI=1S/C18H21N5O/c1-22-12-15(11-19-22)16-8-5-9-23(16)13-18-21-20-17(24-18)10-14-6-3-2-4-7-14/h2-4,6-7,11-12,16H,5,8-10,13H2,1H3. The summed E-state index contributed by atoms with van der Waals surface area (Å²) in [6.07, 6.45) is 7.07. The van der Waals surface area contributed by atoms with Gasteiger partial charge in [-0.15, -0.1) is 10.2 Å². The van der Waals surface area contributed by atoms with Crippen molar-refractivity contribution < 1.29 is 4.42 Å². The maximum Gasteiger partial charge on any atom is 0.230 e. The Balaban J connectivity index is 1.43. The van der Waals surface area contributed by atoms with Gasteiger partial charge < -0.3 is 4.42 Å². The molecule has 4 rings (SSSR count). The van der Waals surface area contributed by atoms with Crippen LogP contribution in [0.1, 0.15) is 41.8 Å². The zero-order valence-corrected chi connectivity index (χ0v) is 13.8. The van der Waals surface area contributed by atoms with E-state index in [0.29, 0.717) is 30.8 Å². The Morgan fingerprint density at radius 2 is 2.00 bits per heavy atom. The molecule has 0 saturated carbocycles. The second-order valence-corrected chi connectivity index (χ2v) is 6.33. The molecule has 1 saturated heterocycles. The lowest BCUT2D eigenvalue weighted by Crippen LogP contribution is -2.22. The van der Waals surface area contributed by atoms with Gasteiger partial charge >= 0.3 is 0 Å². The third-order valence-electron chi connectivity index (χ3n) is 4.52. The summed E-state index contributed by atoms with van der Waals surface area (Å²) in [5.74, 6) is 1.37. The second-order valence-electron chi connectivity index (χ2n) is 6.33. The number of hydrogen-bond acceptors (Lipinski definition) is 5. The molecule has 2 aromatic heterocycles. The first-order chi connectivity index (χ1) is 11.8. The van der Waals surface area contributed by atoms with E-state index in [2.05, 4.69) is 38.5 Å². The van der Waals surface area contributed by atoms with Crippen molar-refractivity contribution in [3.8, 4) is 0 Å².